The lowest BCUT2D eigenvalue weighted by atomic mass is 10.0. The minimum absolute atomic E-state index is 0.110. The van der Waals surface area contributed by atoms with E-state index in [0.717, 1.165) is 5.56 Å². The molecule has 0 aliphatic rings. The summed E-state index contributed by atoms with van der Waals surface area (Å²) in [6, 6.07) is 6.42. The molecule has 0 unspecified atom stereocenters. The van der Waals surface area contributed by atoms with Crippen molar-refractivity contribution >= 4 is 29.2 Å². The Morgan fingerprint density at radius 3 is 2.67 bits per heavy atom. The molecule has 1 aromatic carbocycles. The number of halogens is 2. The van der Waals surface area contributed by atoms with E-state index in [0.29, 0.717) is 21.3 Å². The average molecular weight is 282 g/mol. The third-order valence-electron chi connectivity index (χ3n) is 2.44. The van der Waals surface area contributed by atoms with Crippen molar-refractivity contribution in [2.75, 3.05) is 0 Å². The molecule has 0 saturated carbocycles. The first-order chi connectivity index (χ1) is 8.49. The molecule has 0 amide bonds. The summed E-state index contributed by atoms with van der Waals surface area (Å²) in [7, 11) is 0. The van der Waals surface area contributed by atoms with Gasteiger partial charge >= 0.3 is 5.97 Å². The molecule has 2 rings (SSSR count). The van der Waals surface area contributed by atoms with Crippen LogP contribution in [-0.2, 0) is 0 Å². The molecule has 0 fully saturated rings. The number of nitrogens with zero attached hydrogens (tertiary/aromatic N) is 1. The summed E-state index contributed by atoms with van der Waals surface area (Å²) in [6.45, 7) is 1.78. The minimum atomic E-state index is -1.04. The van der Waals surface area contributed by atoms with Gasteiger partial charge in [0.25, 0.3) is 0 Å². The highest BCUT2D eigenvalue weighted by atomic mass is 35.5. The largest absolute Gasteiger partial charge is 0.478 e. The number of carbonyl (C=O) groups is 1. The van der Waals surface area contributed by atoms with Crippen LogP contribution in [0.5, 0.6) is 0 Å². The molecule has 1 aromatic heterocycles. The van der Waals surface area contributed by atoms with Crippen LogP contribution in [0.1, 0.15) is 15.9 Å². The van der Waals surface area contributed by atoms with Crippen LogP contribution < -0.4 is 0 Å². The minimum Gasteiger partial charge on any atom is -0.478 e. The Bertz CT molecular complexity index is 626. The van der Waals surface area contributed by atoms with Crippen molar-refractivity contribution in [3.63, 3.8) is 0 Å². The van der Waals surface area contributed by atoms with Crippen molar-refractivity contribution in [1.82, 2.24) is 4.98 Å². The summed E-state index contributed by atoms with van der Waals surface area (Å²) in [4.78, 5) is 15.4. The van der Waals surface area contributed by atoms with Crippen molar-refractivity contribution in [2.45, 2.75) is 6.92 Å². The average Bonchev–Trinajstić information content (AvgIpc) is 2.32. The molecule has 0 aliphatic carbocycles. The summed E-state index contributed by atoms with van der Waals surface area (Å²) in [5.41, 5.74) is 1.72. The van der Waals surface area contributed by atoms with E-state index in [1.54, 1.807) is 37.4 Å². The fourth-order valence-corrected chi connectivity index (χ4v) is 2.00. The van der Waals surface area contributed by atoms with E-state index >= 15 is 0 Å². The molecule has 1 N–H and O–H groups in total. The third kappa shape index (κ3) is 2.47. The molecule has 0 aliphatic heterocycles. The highest BCUT2D eigenvalue weighted by molar-refractivity contribution is 6.35. The number of rotatable bonds is 2. The van der Waals surface area contributed by atoms with Gasteiger partial charge in [-0.25, -0.2) is 4.79 Å². The summed E-state index contributed by atoms with van der Waals surface area (Å²) in [5.74, 6) is -1.04. The topological polar surface area (TPSA) is 50.2 Å². The van der Waals surface area contributed by atoms with Crippen molar-refractivity contribution in [2.24, 2.45) is 0 Å². The number of carboxylic acids is 1. The smallest absolute Gasteiger partial charge is 0.337 e. The van der Waals surface area contributed by atoms with Crippen LogP contribution in [0, 0.1) is 6.92 Å². The summed E-state index contributed by atoms with van der Waals surface area (Å²) in [6.07, 6.45) is 1.60. The molecule has 0 saturated heterocycles. The highest BCUT2D eigenvalue weighted by Crippen LogP contribution is 2.31. The summed E-state index contributed by atoms with van der Waals surface area (Å²) >= 11 is 12.0. The summed E-state index contributed by atoms with van der Waals surface area (Å²) < 4.78 is 0. The second-order valence-corrected chi connectivity index (χ2v) is 4.68. The molecule has 92 valence electrons. The lowest BCUT2D eigenvalue weighted by Gasteiger charge is -2.08. The van der Waals surface area contributed by atoms with Gasteiger partial charge in [0.15, 0.2) is 0 Å². The lowest BCUT2D eigenvalue weighted by Crippen LogP contribution is -2.02. The van der Waals surface area contributed by atoms with Crippen LogP contribution in [0.4, 0.5) is 0 Å². The van der Waals surface area contributed by atoms with Crippen LogP contribution in [0.3, 0.4) is 0 Å². The van der Waals surface area contributed by atoms with Crippen molar-refractivity contribution in [3.8, 4) is 11.3 Å². The van der Waals surface area contributed by atoms with Gasteiger partial charge in [0.2, 0.25) is 0 Å². The second-order valence-electron chi connectivity index (χ2n) is 3.84. The van der Waals surface area contributed by atoms with Crippen LogP contribution >= 0.6 is 23.2 Å². The van der Waals surface area contributed by atoms with Crippen molar-refractivity contribution < 1.29 is 9.90 Å². The van der Waals surface area contributed by atoms with E-state index in [1.807, 2.05) is 0 Å². The molecular formula is C13H9Cl2NO2. The van der Waals surface area contributed by atoms with Gasteiger partial charge in [0.1, 0.15) is 0 Å². The zero-order valence-electron chi connectivity index (χ0n) is 9.45. The molecule has 1 heterocycles. The quantitative estimate of drug-likeness (QED) is 0.903. The van der Waals surface area contributed by atoms with Crippen LogP contribution in [0.15, 0.2) is 30.5 Å². The van der Waals surface area contributed by atoms with Gasteiger partial charge in [-0.3, -0.25) is 4.98 Å². The standard InChI is InChI=1S/C13H9Cl2NO2/c1-7-4-10(13(17)18)12(16-6-7)9-5-8(14)2-3-11(9)15/h2-6H,1H3,(H,17,18). The molecule has 0 radical (unpaired) electrons. The van der Waals surface area contributed by atoms with Gasteiger partial charge in [0, 0.05) is 16.8 Å². The van der Waals surface area contributed by atoms with Crippen LogP contribution in [0.25, 0.3) is 11.3 Å². The first-order valence-corrected chi connectivity index (χ1v) is 5.90. The second kappa shape index (κ2) is 4.96. The van der Waals surface area contributed by atoms with Crippen LogP contribution in [-0.4, -0.2) is 16.1 Å². The number of carboxylic acid groups (broad SMARTS) is 1. The lowest BCUT2D eigenvalue weighted by molar-refractivity contribution is 0.0697. The Balaban J connectivity index is 2.70. The van der Waals surface area contributed by atoms with Gasteiger partial charge < -0.3 is 5.11 Å². The molecule has 0 atom stereocenters. The molecule has 2 aromatic rings. The van der Waals surface area contributed by atoms with E-state index in [4.69, 9.17) is 23.2 Å². The Hall–Kier alpha value is -1.58. The molecular weight excluding hydrogens is 273 g/mol. The Kier molecular flexibility index (Phi) is 3.55. The Labute approximate surface area is 114 Å². The van der Waals surface area contributed by atoms with Gasteiger partial charge in [-0.1, -0.05) is 23.2 Å². The SMILES string of the molecule is Cc1cnc(-c2cc(Cl)ccc2Cl)c(C(=O)O)c1. The molecule has 18 heavy (non-hydrogen) atoms. The predicted molar refractivity (Wildman–Crippen MR) is 71.4 cm³/mol. The van der Waals surface area contributed by atoms with Crippen LogP contribution in [0.2, 0.25) is 10.0 Å². The number of aromatic nitrogens is 1. The number of aromatic carboxylic acids is 1. The Morgan fingerprint density at radius 1 is 1.28 bits per heavy atom. The van der Waals surface area contributed by atoms with Crippen molar-refractivity contribution in [1.29, 1.82) is 0 Å². The molecule has 0 spiro atoms. The number of benzene rings is 1. The van der Waals surface area contributed by atoms with E-state index in [9.17, 15) is 9.90 Å². The summed E-state index contributed by atoms with van der Waals surface area (Å²) in [5, 5.41) is 10.1. The van der Waals surface area contributed by atoms with Gasteiger partial charge in [-0.05, 0) is 36.8 Å². The maximum Gasteiger partial charge on any atom is 0.337 e. The maximum atomic E-state index is 11.2. The normalized spacial score (nSPS) is 10.4. The number of hydrogen-bond acceptors (Lipinski definition) is 2. The molecule has 0 bridgehead atoms. The van der Waals surface area contributed by atoms with E-state index in [1.165, 1.54) is 0 Å². The zero-order valence-corrected chi connectivity index (χ0v) is 11.0. The maximum absolute atomic E-state index is 11.2. The Morgan fingerprint density at radius 2 is 2.00 bits per heavy atom. The first-order valence-electron chi connectivity index (χ1n) is 5.14. The van der Waals surface area contributed by atoms with Gasteiger partial charge in [-0.2, -0.15) is 0 Å². The van der Waals surface area contributed by atoms with Gasteiger partial charge in [0.05, 0.1) is 16.3 Å². The third-order valence-corrected chi connectivity index (χ3v) is 3.00. The molecule has 3 nitrogen and oxygen atoms in total. The fourth-order valence-electron chi connectivity index (χ4n) is 1.63. The zero-order chi connectivity index (χ0) is 13.3. The highest BCUT2D eigenvalue weighted by Gasteiger charge is 2.16. The fraction of sp³-hybridized carbons (Fsp3) is 0.0769. The van der Waals surface area contributed by atoms with E-state index in [-0.39, 0.29) is 5.56 Å². The monoisotopic (exact) mass is 281 g/mol. The van der Waals surface area contributed by atoms with E-state index in [2.05, 4.69) is 4.98 Å². The predicted octanol–water partition coefficient (Wildman–Crippen LogP) is 4.06. The van der Waals surface area contributed by atoms with E-state index < -0.39 is 5.97 Å². The number of hydrogen-bond donors (Lipinski definition) is 1. The molecule has 5 heteroatoms. The number of pyridine rings is 1. The first kappa shape index (κ1) is 12.9. The van der Waals surface area contributed by atoms with Gasteiger partial charge in [-0.15, -0.1) is 0 Å². The number of aryl methyl sites for hydroxylation is 1. The van der Waals surface area contributed by atoms with Crippen molar-refractivity contribution in [3.05, 3.63) is 51.6 Å².